The minimum Gasteiger partial charge on any atom is -0.483 e. The van der Waals surface area contributed by atoms with E-state index in [4.69, 9.17) is 14.3 Å². The molecule has 1 heterocycles. The molecule has 0 aliphatic carbocycles. The molecule has 2 aromatic rings. The van der Waals surface area contributed by atoms with Gasteiger partial charge in [0, 0.05) is 17.0 Å². The molecule has 2 amide bonds. The predicted octanol–water partition coefficient (Wildman–Crippen LogP) is 1.13. The van der Waals surface area contributed by atoms with Gasteiger partial charge in [-0.05, 0) is 37.5 Å². The second-order valence-corrected chi connectivity index (χ2v) is 7.01. The number of rotatable bonds is 8. The second kappa shape index (κ2) is 9.22. The number of carboxylic acids is 1. The monoisotopic (exact) mass is 404 g/mol. The average molecular weight is 404 g/mol. The first kappa shape index (κ1) is 21.9. The zero-order chi connectivity index (χ0) is 21.7. The summed E-state index contributed by atoms with van der Waals surface area (Å²) in [5.41, 5.74) is 1.27. The van der Waals surface area contributed by atoms with Crippen molar-refractivity contribution in [1.82, 2.24) is 10.6 Å². The molecule has 1 aromatic heterocycles. The fourth-order valence-corrected chi connectivity index (χ4v) is 2.77. The van der Waals surface area contributed by atoms with Gasteiger partial charge in [-0.25, -0.2) is 9.59 Å². The minimum absolute atomic E-state index is 0.296. The van der Waals surface area contributed by atoms with Crippen molar-refractivity contribution in [2.75, 3.05) is 13.2 Å². The molecule has 3 N–H and O–H groups in total. The fourth-order valence-electron chi connectivity index (χ4n) is 2.77. The number of aliphatic carboxylic acids is 1. The molecule has 2 rings (SSSR count). The first-order chi connectivity index (χ1) is 13.6. The predicted molar refractivity (Wildman–Crippen MR) is 105 cm³/mol. The maximum atomic E-state index is 12.0. The third kappa shape index (κ3) is 5.56. The van der Waals surface area contributed by atoms with E-state index in [1.54, 1.807) is 39.8 Å². The Morgan fingerprint density at radius 1 is 1.17 bits per heavy atom. The SMILES string of the molecule is Cc1cc(=O)oc2c(C)c(OCC(=O)NCC(=O)N[C@H](C(=O)O)C(C)C)ccc12. The fraction of sp³-hybridized carbons (Fsp3) is 0.400. The number of ether oxygens (including phenoxy) is 1. The molecule has 0 bridgehead atoms. The molecule has 0 aliphatic rings. The van der Waals surface area contributed by atoms with Gasteiger partial charge in [-0.2, -0.15) is 0 Å². The summed E-state index contributed by atoms with van der Waals surface area (Å²) in [5.74, 6) is -2.23. The van der Waals surface area contributed by atoms with Crippen LogP contribution in [0.3, 0.4) is 0 Å². The van der Waals surface area contributed by atoms with Crippen LogP contribution < -0.4 is 21.0 Å². The Hall–Kier alpha value is -3.36. The number of carboxylic acid groups (broad SMARTS) is 1. The van der Waals surface area contributed by atoms with Crippen molar-refractivity contribution in [2.45, 2.75) is 33.7 Å². The van der Waals surface area contributed by atoms with Crippen LogP contribution >= 0.6 is 0 Å². The molecular formula is C20H24N2O7. The first-order valence-corrected chi connectivity index (χ1v) is 9.06. The Kier molecular flexibility index (Phi) is 6.98. The lowest BCUT2D eigenvalue weighted by Gasteiger charge is -2.18. The molecule has 0 fully saturated rings. The second-order valence-electron chi connectivity index (χ2n) is 7.01. The van der Waals surface area contributed by atoms with Crippen molar-refractivity contribution in [3.8, 4) is 5.75 Å². The van der Waals surface area contributed by atoms with E-state index in [1.807, 2.05) is 0 Å². The van der Waals surface area contributed by atoms with Crippen LogP contribution in [0.5, 0.6) is 5.75 Å². The van der Waals surface area contributed by atoms with Crippen LogP contribution in [0.15, 0.2) is 27.4 Å². The highest BCUT2D eigenvalue weighted by atomic mass is 16.5. The van der Waals surface area contributed by atoms with E-state index in [0.29, 0.717) is 16.9 Å². The molecule has 1 atom stereocenters. The molecule has 0 saturated carbocycles. The maximum absolute atomic E-state index is 12.0. The van der Waals surface area contributed by atoms with Crippen molar-refractivity contribution in [1.29, 1.82) is 0 Å². The van der Waals surface area contributed by atoms with E-state index in [-0.39, 0.29) is 19.1 Å². The number of hydrogen-bond donors (Lipinski definition) is 3. The van der Waals surface area contributed by atoms with Gasteiger partial charge in [0.1, 0.15) is 17.4 Å². The van der Waals surface area contributed by atoms with Crippen molar-refractivity contribution >= 4 is 28.8 Å². The normalized spacial score (nSPS) is 11.9. The van der Waals surface area contributed by atoms with Crippen LogP contribution in [0, 0.1) is 19.8 Å². The minimum atomic E-state index is -1.14. The lowest BCUT2D eigenvalue weighted by Crippen LogP contribution is -2.48. The summed E-state index contributed by atoms with van der Waals surface area (Å²) < 4.78 is 10.7. The van der Waals surface area contributed by atoms with E-state index in [0.717, 1.165) is 10.9 Å². The van der Waals surface area contributed by atoms with E-state index in [9.17, 15) is 19.2 Å². The topological polar surface area (TPSA) is 135 Å². The average Bonchev–Trinajstić information content (AvgIpc) is 2.63. The Morgan fingerprint density at radius 2 is 1.86 bits per heavy atom. The number of hydrogen-bond acceptors (Lipinski definition) is 6. The number of carbonyl (C=O) groups excluding carboxylic acids is 2. The highest BCUT2D eigenvalue weighted by Crippen LogP contribution is 2.28. The molecule has 9 nitrogen and oxygen atoms in total. The van der Waals surface area contributed by atoms with Gasteiger partial charge in [0.25, 0.3) is 5.91 Å². The van der Waals surface area contributed by atoms with E-state index >= 15 is 0 Å². The highest BCUT2D eigenvalue weighted by molar-refractivity contribution is 5.88. The summed E-state index contributed by atoms with van der Waals surface area (Å²) in [7, 11) is 0. The Bertz CT molecular complexity index is 994. The third-order valence-electron chi connectivity index (χ3n) is 4.37. The van der Waals surface area contributed by atoms with Gasteiger partial charge in [0.05, 0.1) is 6.54 Å². The lowest BCUT2D eigenvalue weighted by molar-refractivity contribution is -0.143. The standard InChI is InChI=1S/C20H24N2O7/c1-10(2)18(20(26)27)22-15(23)8-21-16(24)9-28-14-6-5-13-11(3)7-17(25)29-19(13)12(14)4/h5-7,10,18H,8-9H2,1-4H3,(H,21,24)(H,22,23)(H,26,27)/t18-/m0/s1. The number of benzene rings is 1. The molecular weight excluding hydrogens is 380 g/mol. The number of fused-ring (bicyclic) bond motifs is 1. The summed E-state index contributed by atoms with van der Waals surface area (Å²) in [4.78, 5) is 46.5. The van der Waals surface area contributed by atoms with Crippen LogP contribution in [0.2, 0.25) is 0 Å². The van der Waals surface area contributed by atoms with Gasteiger partial charge in [0.2, 0.25) is 5.91 Å². The van der Waals surface area contributed by atoms with Crippen molar-refractivity contribution in [3.05, 3.63) is 39.7 Å². The highest BCUT2D eigenvalue weighted by Gasteiger charge is 2.23. The van der Waals surface area contributed by atoms with Gasteiger partial charge >= 0.3 is 11.6 Å². The molecule has 0 spiro atoms. The van der Waals surface area contributed by atoms with Gasteiger partial charge in [-0.15, -0.1) is 0 Å². The van der Waals surface area contributed by atoms with Gasteiger partial charge in [-0.3, -0.25) is 9.59 Å². The molecule has 9 heteroatoms. The summed E-state index contributed by atoms with van der Waals surface area (Å²) in [5, 5.41) is 14.6. The van der Waals surface area contributed by atoms with Crippen molar-refractivity contribution in [2.24, 2.45) is 5.92 Å². The summed E-state index contributed by atoms with van der Waals surface area (Å²) in [6.07, 6.45) is 0. The number of nitrogens with one attached hydrogen (secondary N) is 2. The molecule has 0 radical (unpaired) electrons. The van der Waals surface area contributed by atoms with Gasteiger partial charge in [0.15, 0.2) is 6.61 Å². The molecule has 0 unspecified atom stereocenters. The zero-order valence-corrected chi connectivity index (χ0v) is 16.7. The van der Waals surface area contributed by atoms with Crippen molar-refractivity contribution in [3.63, 3.8) is 0 Å². The van der Waals surface area contributed by atoms with Gasteiger partial charge < -0.3 is 24.9 Å². The molecule has 0 saturated heterocycles. The smallest absolute Gasteiger partial charge is 0.336 e. The Balaban J connectivity index is 1.94. The molecule has 29 heavy (non-hydrogen) atoms. The van der Waals surface area contributed by atoms with Gasteiger partial charge in [-0.1, -0.05) is 13.8 Å². The van der Waals surface area contributed by atoms with E-state index in [2.05, 4.69) is 10.6 Å². The number of carbonyl (C=O) groups is 3. The Labute approximate surface area is 167 Å². The van der Waals surface area contributed by atoms with Crippen LogP contribution in [-0.4, -0.2) is 42.1 Å². The Morgan fingerprint density at radius 3 is 2.48 bits per heavy atom. The molecule has 1 aromatic carbocycles. The quantitative estimate of drug-likeness (QED) is 0.561. The first-order valence-electron chi connectivity index (χ1n) is 9.06. The van der Waals surface area contributed by atoms with Crippen LogP contribution in [0.4, 0.5) is 0 Å². The lowest BCUT2D eigenvalue weighted by atomic mass is 10.1. The summed E-state index contributed by atoms with van der Waals surface area (Å²) in [6.45, 7) is 6.11. The summed E-state index contributed by atoms with van der Waals surface area (Å²) in [6, 6.07) is 3.77. The van der Waals surface area contributed by atoms with E-state index in [1.165, 1.54) is 6.07 Å². The number of aryl methyl sites for hydroxylation is 2. The number of amides is 2. The molecule has 0 aliphatic heterocycles. The summed E-state index contributed by atoms with van der Waals surface area (Å²) >= 11 is 0. The van der Waals surface area contributed by atoms with Crippen LogP contribution in [0.25, 0.3) is 11.0 Å². The van der Waals surface area contributed by atoms with Crippen molar-refractivity contribution < 1.29 is 28.6 Å². The van der Waals surface area contributed by atoms with Crippen LogP contribution in [0.1, 0.15) is 25.0 Å². The van der Waals surface area contributed by atoms with Crippen LogP contribution in [-0.2, 0) is 14.4 Å². The van der Waals surface area contributed by atoms with E-state index < -0.39 is 29.5 Å². The largest absolute Gasteiger partial charge is 0.483 e. The third-order valence-corrected chi connectivity index (χ3v) is 4.37. The molecule has 156 valence electrons. The maximum Gasteiger partial charge on any atom is 0.336 e. The zero-order valence-electron chi connectivity index (χ0n) is 16.7.